The third kappa shape index (κ3) is 2.99. The summed E-state index contributed by atoms with van der Waals surface area (Å²) >= 11 is 0. The Labute approximate surface area is 148 Å². The maximum Gasteiger partial charge on any atom is 0.410 e. The average Bonchev–Trinajstić information content (AvgIpc) is 3.18. The molecule has 1 amide bonds. The molecule has 1 heterocycles. The molecule has 0 spiro atoms. The van der Waals surface area contributed by atoms with Gasteiger partial charge in [0, 0.05) is 37.6 Å². The summed E-state index contributed by atoms with van der Waals surface area (Å²) in [6.07, 6.45) is 2.95. The number of amidine groups is 1. The van der Waals surface area contributed by atoms with E-state index in [0.717, 1.165) is 37.9 Å². The van der Waals surface area contributed by atoms with Gasteiger partial charge in [0.15, 0.2) is 0 Å². The Balaban J connectivity index is 1.25. The number of piperazine rings is 1. The third-order valence-corrected chi connectivity index (χ3v) is 6.27. The topological polar surface area (TPSA) is 82.7 Å². The summed E-state index contributed by atoms with van der Waals surface area (Å²) in [5, 5.41) is 7.83. The Bertz CT molecular complexity index is 649. The predicted molar refractivity (Wildman–Crippen MR) is 95.2 cm³/mol. The number of hydrogen-bond donors (Lipinski definition) is 2. The molecule has 6 heteroatoms. The van der Waals surface area contributed by atoms with E-state index < -0.39 is 0 Å². The summed E-state index contributed by atoms with van der Waals surface area (Å²) in [4.78, 5) is 16.5. The molecule has 1 atom stereocenters. The van der Waals surface area contributed by atoms with Crippen molar-refractivity contribution in [1.82, 2.24) is 9.80 Å². The van der Waals surface area contributed by atoms with Crippen molar-refractivity contribution in [2.45, 2.75) is 31.9 Å². The van der Waals surface area contributed by atoms with Gasteiger partial charge in [-0.2, -0.15) is 0 Å². The van der Waals surface area contributed by atoms with Crippen LogP contribution in [0.2, 0.25) is 0 Å². The molecule has 6 nitrogen and oxygen atoms in total. The molecule has 3 saturated carbocycles. The molecule has 25 heavy (non-hydrogen) atoms. The molecule has 0 aromatic heterocycles. The van der Waals surface area contributed by atoms with Crippen molar-refractivity contribution in [1.29, 1.82) is 5.41 Å². The number of carbonyl (C=O) groups is 1. The first-order chi connectivity index (χ1) is 12.1. The maximum atomic E-state index is 12.3. The highest BCUT2D eigenvalue weighted by atomic mass is 16.6. The molecular formula is C19H26N4O2. The minimum absolute atomic E-state index is 0.0128. The van der Waals surface area contributed by atoms with E-state index >= 15 is 0 Å². The monoisotopic (exact) mass is 342 g/mol. The van der Waals surface area contributed by atoms with Gasteiger partial charge in [0.1, 0.15) is 6.61 Å². The van der Waals surface area contributed by atoms with Crippen molar-refractivity contribution in [2.75, 3.05) is 26.2 Å². The highest BCUT2D eigenvalue weighted by molar-refractivity contribution is 5.85. The third-order valence-electron chi connectivity index (χ3n) is 6.27. The normalized spacial score (nSPS) is 31.4. The van der Waals surface area contributed by atoms with E-state index in [1.807, 2.05) is 30.3 Å². The van der Waals surface area contributed by atoms with Crippen molar-refractivity contribution < 1.29 is 9.53 Å². The van der Waals surface area contributed by atoms with Gasteiger partial charge in [-0.1, -0.05) is 30.3 Å². The SMILES string of the molecule is N=C(N)C12CC(C1)C(N1CCN(C(=O)OCc3ccccc3)CC1)C2. The van der Waals surface area contributed by atoms with Crippen LogP contribution < -0.4 is 5.73 Å². The summed E-state index contributed by atoms with van der Waals surface area (Å²) in [6, 6.07) is 10.3. The zero-order chi connectivity index (χ0) is 17.4. The molecule has 3 aliphatic carbocycles. The van der Waals surface area contributed by atoms with Crippen molar-refractivity contribution in [3.05, 3.63) is 35.9 Å². The molecule has 3 N–H and O–H groups in total. The largest absolute Gasteiger partial charge is 0.445 e. The Hall–Kier alpha value is -2.08. The summed E-state index contributed by atoms with van der Waals surface area (Å²) in [5.74, 6) is 1.05. The van der Waals surface area contributed by atoms with Gasteiger partial charge in [0.2, 0.25) is 0 Å². The van der Waals surface area contributed by atoms with Gasteiger partial charge in [-0.05, 0) is 30.7 Å². The molecule has 0 radical (unpaired) electrons. The van der Waals surface area contributed by atoms with Crippen LogP contribution in [-0.2, 0) is 11.3 Å². The molecule has 1 aliphatic heterocycles. The van der Waals surface area contributed by atoms with Gasteiger partial charge in [-0.3, -0.25) is 10.3 Å². The van der Waals surface area contributed by atoms with Crippen LogP contribution in [0.15, 0.2) is 30.3 Å². The van der Waals surface area contributed by atoms with Crippen molar-refractivity contribution in [3.63, 3.8) is 0 Å². The number of carbonyl (C=O) groups excluding carboxylic acids is 1. The van der Waals surface area contributed by atoms with Gasteiger partial charge >= 0.3 is 6.09 Å². The summed E-state index contributed by atoms with van der Waals surface area (Å²) in [5.41, 5.74) is 6.80. The summed E-state index contributed by atoms with van der Waals surface area (Å²) < 4.78 is 5.43. The first kappa shape index (κ1) is 16.4. The zero-order valence-corrected chi connectivity index (χ0v) is 14.5. The second kappa shape index (κ2) is 6.33. The fourth-order valence-electron chi connectivity index (χ4n) is 4.75. The Kier molecular flexibility index (Phi) is 4.15. The van der Waals surface area contributed by atoms with E-state index in [2.05, 4.69) is 4.90 Å². The summed E-state index contributed by atoms with van der Waals surface area (Å²) in [7, 11) is 0. The van der Waals surface area contributed by atoms with Crippen LogP contribution in [0.5, 0.6) is 0 Å². The Morgan fingerprint density at radius 2 is 1.84 bits per heavy atom. The lowest BCUT2D eigenvalue weighted by Gasteiger charge is -2.40. The number of nitrogens with zero attached hydrogens (tertiary/aromatic N) is 2. The molecule has 1 saturated heterocycles. The maximum absolute atomic E-state index is 12.3. The van der Waals surface area contributed by atoms with Gasteiger partial charge < -0.3 is 15.4 Å². The molecule has 2 bridgehead atoms. The van der Waals surface area contributed by atoms with E-state index in [1.165, 1.54) is 0 Å². The van der Waals surface area contributed by atoms with Crippen molar-refractivity contribution >= 4 is 11.9 Å². The molecule has 134 valence electrons. The number of nitrogens with one attached hydrogen (secondary N) is 1. The van der Waals surface area contributed by atoms with E-state index in [-0.39, 0.29) is 11.5 Å². The van der Waals surface area contributed by atoms with Crippen LogP contribution in [-0.4, -0.2) is 53.9 Å². The summed E-state index contributed by atoms with van der Waals surface area (Å²) in [6.45, 7) is 3.52. The van der Waals surface area contributed by atoms with Gasteiger partial charge in [-0.15, -0.1) is 0 Å². The van der Waals surface area contributed by atoms with Crippen LogP contribution in [0.3, 0.4) is 0 Å². The van der Waals surface area contributed by atoms with E-state index in [9.17, 15) is 4.79 Å². The van der Waals surface area contributed by atoms with Gasteiger partial charge in [0.25, 0.3) is 0 Å². The van der Waals surface area contributed by atoms with Crippen molar-refractivity contribution in [2.24, 2.45) is 17.1 Å². The number of fused-ring (bicyclic) bond motifs is 1. The highest BCUT2D eigenvalue weighted by Crippen LogP contribution is 2.60. The van der Waals surface area contributed by atoms with Crippen LogP contribution in [0.25, 0.3) is 0 Å². The molecular weight excluding hydrogens is 316 g/mol. The molecule has 4 aliphatic rings. The van der Waals surface area contributed by atoms with Crippen LogP contribution >= 0.6 is 0 Å². The van der Waals surface area contributed by atoms with E-state index in [4.69, 9.17) is 15.9 Å². The van der Waals surface area contributed by atoms with Gasteiger partial charge in [-0.25, -0.2) is 4.79 Å². The quantitative estimate of drug-likeness (QED) is 0.648. The number of rotatable bonds is 4. The highest BCUT2D eigenvalue weighted by Gasteiger charge is 2.59. The lowest BCUT2D eigenvalue weighted by atomic mass is 9.69. The Morgan fingerprint density at radius 1 is 1.16 bits per heavy atom. The smallest absolute Gasteiger partial charge is 0.410 e. The minimum Gasteiger partial charge on any atom is -0.445 e. The number of benzene rings is 1. The van der Waals surface area contributed by atoms with Crippen LogP contribution in [0.1, 0.15) is 24.8 Å². The fraction of sp³-hybridized carbons (Fsp3) is 0.579. The fourth-order valence-corrected chi connectivity index (χ4v) is 4.75. The van der Waals surface area contributed by atoms with Gasteiger partial charge in [0.05, 0.1) is 5.84 Å². The van der Waals surface area contributed by atoms with Crippen LogP contribution in [0.4, 0.5) is 4.79 Å². The second-order valence-corrected chi connectivity index (χ2v) is 7.70. The molecule has 1 aromatic rings. The first-order valence-electron chi connectivity index (χ1n) is 9.12. The van der Waals surface area contributed by atoms with Crippen molar-refractivity contribution in [3.8, 4) is 0 Å². The number of amides is 1. The van der Waals surface area contributed by atoms with Crippen LogP contribution in [0, 0.1) is 16.7 Å². The molecule has 5 rings (SSSR count). The van der Waals surface area contributed by atoms with E-state index in [0.29, 0.717) is 37.5 Å². The minimum atomic E-state index is -0.223. The number of ether oxygens (including phenoxy) is 1. The lowest BCUT2D eigenvalue weighted by Crippen LogP contribution is -2.52. The molecule has 4 fully saturated rings. The second-order valence-electron chi connectivity index (χ2n) is 7.70. The first-order valence-corrected chi connectivity index (χ1v) is 9.12. The van der Waals surface area contributed by atoms with E-state index in [1.54, 1.807) is 4.90 Å². The molecule has 1 unspecified atom stereocenters. The zero-order valence-electron chi connectivity index (χ0n) is 14.5. The molecule has 1 aromatic carbocycles. The standard InChI is InChI=1S/C19H26N4O2/c20-17(21)19-10-15(11-19)16(12-19)22-6-8-23(9-7-22)18(24)25-13-14-4-2-1-3-5-14/h1-5,15-16H,6-13H2,(H3,20,21). The predicted octanol–water partition coefficient (Wildman–Crippen LogP) is 2.05. The number of hydrogen-bond acceptors (Lipinski definition) is 4. The number of nitrogens with two attached hydrogens (primary N) is 1. The lowest BCUT2D eigenvalue weighted by molar-refractivity contribution is 0.0537. The Morgan fingerprint density at radius 3 is 2.44 bits per heavy atom. The average molecular weight is 342 g/mol.